The molecule has 0 aliphatic carbocycles. The van der Waals surface area contributed by atoms with Gasteiger partial charge in [-0.25, -0.2) is 0 Å². The standard InChI is InChI=1S/C12H15NO6/c1-5(10(17)12(19)8(13)4-14)7-2-6(15)3-9(16)11(7)18/h2-3,14-19H,4,13H2,1H3/b10-5-,12-8-. The molecule has 0 saturated carbocycles. The summed E-state index contributed by atoms with van der Waals surface area (Å²) in [5.74, 6) is -2.93. The largest absolute Gasteiger partial charge is 0.508 e. The van der Waals surface area contributed by atoms with Crippen LogP contribution in [0.15, 0.2) is 29.3 Å². The molecule has 0 fully saturated rings. The van der Waals surface area contributed by atoms with E-state index in [0.717, 1.165) is 12.1 Å². The van der Waals surface area contributed by atoms with Gasteiger partial charge in [-0.3, -0.25) is 0 Å². The van der Waals surface area contributed by atoms with Gasteiger partial charge in [0.1, 0.15) is 5.75 Å². The van der Waals surface area contributed by atoms with Gasteiger partial charge in [-0.1, -0.05) is 0 Å². The van der Waals surface area contributed by atoms with Crippen molar-refractivity contribution in [3.63, 3.8) is 0 Å². The fourth-order valence-corrected chi connectivity index (χ4v) is 1.42. The Balaban J connectivity index is 3.46. The molecule has 0 atom stereocenters. The van der Waals surface area contributed by atoms with Gasteiger partial charge in [0.25, 0.3) is 0 Å². The maximum Gasteiger partial charge on any atom is 0.179 e. The van der Waals surface area contributed by atoms with Crippen LogP contribution in [-0.2, 0) is 0 Å². The molecule has 1 aromatic carbocycles. The highest BCUT2D eigenvalue weighted by Gasteiger charge is 2.17. The minimum absolute atomic E-state index is 0.0439. The lowest BCUT2D eigenvalue weighted by atomic mass is 10.0. The average Bonchev–Trinajstić information content (AvgIpc) is 2.39. The monoisotopic (exact) mass is 269 g/mol. The van der Waals surface area contributed by atoms with Gasteiger partial charge < -0.3 is 36.4 Å². The molecule has 0 aliphatic rings. The quantitative estimate of drug-likeness (QED) is 0.186. The van der Waals surface area contributed by atoms with E-state index in [0.29, 0.717) is 0 Å². The van der Waals surface area contributed by atoms with Gasteiger partial charge >= 0.3 is 0 Å². The maximum atomic E-state index is 9.75. The first-order chi connectivity index (χ1) is 8.79. The Morgan fingerprint density at radius 1 is 1.11 bits per heavy atom. The smallest absolute Gasteiger partial charge is 0.179 e. The molecule has 0 radical (unpaired) electrons. The molecule has 7 nitrogen and oxygen atoms in total. The van der Waals surface area contributed by atoms with Crippen molar-refractivity contribution in [1.82, 2.24) is 0 Å². The molecule has 1 rings (SSSR count). The van der Waals surface area contributed by atoms with Crippen LogP contribution in [0.2, 0.25) is 0 Å². The van der Waals surface area contributed by atoms with Crippen LogP contribution < -0.4 is 5.73 Å². The van der Waals surface area contributed by atoms with Crippen LogP contribution in [0.25, 0.3) is 5.57 Å². The first-order valence-corrected chi connectivity index (χ1v) is 5.23. The number of hydrogen-bond donors (Lipinski definition) is 7. The number of nitrogens with two attached hydrogens (primary N) is 1. The van der Waals surface area contributed by atoms with Crippen molar-refractivity contribution in [1.29, 1.82) is 0 Å². The zero-order valence-electron chi connectivity index (χ0n) is 10.1. The van der Waals surface area contributed by atoms with Crippen molar-refractivity contribution >= 4 is 5.57 Å². The third-order valence-corrected chi connectivity index (χ3v) is 2.53. The number of aliphatic hydroxyl groups is 3. The topological polar surface area (TPSA) is 147 Å². The van der Waals surface area contributed by atoms with Gasteiger partial charge in [0.05, 0.1) is 12.3 Å². The molecule has 19 heavy (non-hydrogen) atoms. The van der Waals surface area contributed by atoms with Crippen molar-refractivity contribution in [2.45, 2.75) is 6.92 Å². The number of phenols is 3. The number of phenolic OH excluding ortho intramolecular Hbond substituents is 3. The lowest BCUT2D eigenvalue weighted by Crippen LogP contribution is -2.09. The van der Waals surface area contributed by atoms with E-state index in [4.69, 9.17) is 10.8 Å². The molecule has 8 N–H and O–H groups in total. The number of rotatable bonds is 3. The molecule has 0 aromatic heterocycles. The summed E-state index contributed by atoms with van der Waals surface area (Å²) in [5.41, 5.74) is 4.76. The predicted molar refractivity (Wildman–Crippen MR) is 67.6 cm³/mol. The van der Waals surface area contributed by atoms with E-state index in [1.54, 1.807) is 0 Å². The fourth-order valence-electron chi connectivity index (χ4n) is 1.42. The highest BCUT2D eigenvalue weighted by Crippen LogP contribution is 2.38. The first kappa shape index (κ1) is 14.5. The van der Waals surface area contributed by atoms with Gasteiger partial charge in [-0.2, -0.15) is 0 Å². The summed E-state index contributed by atoms with van der Waals surface area (Å²) in [6, 6.07) is 2.00. The van der Waals surface area contributed by atoms with Crippen molar-refractivity contribution in [3.8, 4) is 17.2 Å². The second kappa shape index (κ2) is 5.40. The molecule has 0 spiro atoms. The minimum Gasteiger partial charge on any atom is -0.508 e. The van der Waals surface area contributed by atoms with Crippen LogP contribution in [0.1, 0.15) is 12.5 Å². The molecule has 0 unspecified atom stereocenters. The highest BCUT2D eigenvalue weighted by molar-refractivity contribution is 5.75. The second-order valence-electron chi connectivity index (χ2n) is 3.87. The van der Waals surface area contributed by atoms with Crippen LogP contribution in [0.3, 0.4) is 0 Å². The Kier molecular flexibility index (Phi) is 4.13. The first-order valence-electron chi connectivity index (χ1n) is 5.23. The molecule has 0 aliphatic heterocycles. The van der Waals surface area contributed by atoms with Crippen LogP contribution >= 0.6 is 0 Å². The van der Waals surface area contributed by atoms with Crippen molar-refractivity contribution in [2.75, 3.05) is 6.61 Å². The number of hydrogen-bond acceptors (Lipinski definition) is 7. The lowest BCUT2D eigenvalue weighted by molar-refractivity contribution is 0.292. The van der Waals surface area contributed by atoms with Crippen molar-refractivity contribution in [2.24, 2.45) is 5.73 Å². The van der Waals surface area contributed by atoms with Gasteiger partial charge in [0, 0.05) is 17.2 Å². The van der Waals surface area contributed by atoms with Gasteiger partial charge in [-0.05, 0) is 13.0 Å². The van der Waals surface area contributed by atoms with E-state index in [1.807, 2.05) is 0 Å². The molecule has 0 amide bonds. The van der Waals surface area contributed by atoms with E-state index in [2.05, 4.69) is 0 Å². The van der Waals surface area contributed by atoms with E-state index in [9.17, 15) is 25.5 Å². The molecule has 1 aromatic rings. The summed E-state index contributed by atoms with van der Waals surface area (Å²) in [7, 11) is 0. The maximum absolute atomic E-state index is 9.75. The Labute approximate surface area is 108 Å². The number of aliphatic hydroxyl groups excluding tert-OH is 3. The molecule has 0 bridgehead atoms. The van der Waals surface area contributed by atoms with Crippen LogP contribution in [0.5, 0.6) is 17.2 Å². The predicted octanol–water partition coefficient (Wildman–Crippen LogP) is 0.813. The minimum atomic E-state index is -0.748. The van der Waals surface area contributed by atoms with Gasteiger partial charge in [-0.15, -0.1) is 0 Å². The normalized spacial score (nSPS) is 13.8. The summed E-state index contributed by atoms with van der Waals surface area (Å²) in [6.07, 6.45) is 0. The van der Waals surface area contributed by atoms with Gasteiger partial charge in [0.15, 0.2) is 23.0 Å². The summed E-state index contributed by atoms with van der Waals surface area (Å²) >= 11 is 0. The van der Waals surface area contributed by atoms with Crippen molar-refractivity contribution < 1.29 is 30.6 Å². The highest BCUT2D eigenvalue weighted by atomic mass is 16.3. The van der Waals surface area contributed by atoms with Crippen LogP contribution in [-0.4, -0.2) is 37.2 Å². The Morgan fingerprint density at radius 3 is 2.21 bits per heavy atom. The molecular formula is C12H15NO6. The SMILES string of the molecule is C/C(=C(O)\C(O)=C(\N)CO)c1cc(O)cc(O)c1O. The zero-order valence-corrected chi connectivity index (χ0v) is 10.1. The van der Waals surface area contributed by atoms with Crippen LogP contribution in [0, 0.1) is 0 Å². The number of benzene rings is 1. The summed E-state index contributed by atoms with van der Waals surface area (Å²) in [4.78, 5) is 0. The average molecular weight is 269 g/mol. The molecular weight excluding hydrogens is 254 g/mol. The van der Waals surface area contributed by atoms with Gasteiger partial charge in [0.2, 0.25) is 0 Å². The molecule has 7 heteroatoms. The van der Waals surface area contributed by atoms with E-state index < -0.39 is 29.6 Å². The third kappa shape index (κ3) is 2.83. The Hall–Kier alpha value is -2.54. The molecule has 0 heterocycles. The fraction of sp³-hybridized carbons (Fsp3) is 0.167. The number of allylic oxidation sites excluding steroid dienone is 1. The summed E-state index contributed by atoms with van der Waals surface area (Å²) in [5, 5.41) is 56.3. The molecule has 104 valence electrons. The van der Waals surface area contributed by atoms with E-state index in [-0.39, 0.29) is 22.6 Å². The zero-order chi connectivity index (χ0) is 14.7. The summed E-state index contributed by atoms with van der Waals surface area (Å²) in [6.45, 7) is 0.657. The Bertz CT molecular complexity index is 562. The Morgan fingerprint density at radius 2 is 1.68 bits per heavy atom. The molecule has 0 saturated heterocycles. The van der Waals surface area contributed by atoms with Crippen LogP contribution in [0.4, 0.5) is 0 Å². The summed E-state index contributed by atoms with van der Waals surface area (Å²) < 4.78 is 0. The van der Waals surface area contributed by atoms with Crippen molar-refractivity contribution in [3.05, 3.63) is 34.9 Å². The van der Waals surface area contributed by atoms with E-state index in [1.165, 1.54) is 6.92 Å². The van der Waals surface area contributed by atoms with E-state index >= 15 is 0 Å². The third-order valence-electron chi connectivity index (χ3n) is 2.53. The second-order valence-corrected chi connectivity index (χ2v) is 3.87. The lowest BCUT2D eigenvalue weighted by Gasteiger charge is -2.11. The number of aromatic hydroxyl groups is 3.